The Morgan fingerprint density at radius 2 is 1.92 bits per heavy atom. The van der Waals surface area contributed by atoms with Crippen LogP contribution >= 0.6 is 0 Å². The van der Waals surface area contributed by atoms with Crippen LogP contribution in [0.25, 0.3) is 11.5 Å². The first kappa shape index (κ1) is 28.9. The molecule has 37 heavy (non-hydrogen) atoms. The molecular weight excluding hydrogens is 490 g/mol. The molecule has 0 aliphatic heterocycles. The lowest BCUT2D eigenvalue weighted by molar-refractivity contribution is 0.0353. The Balaban J connectivity index is 1.68. The van der Waals surface area contributed by atoms with Crippen molar-refractivity contribution in [2.45, 2.75) is 96.2 Å². The molecule has 1 saturated carbocycles. The molecule has 0 radical (unpaired) electrons. The number of hydrogen-bond acceptors (Lipinski definition) is 9. The topological polar surface area (TPSA) is 138 Å². The third kappa shape index (κ3) is 9.28. The second-order valence-corrected chi connectivity index (χ2v) is 17.5. The zero-order valence-electron chi connectivity index (χ0n) is 23.2. The summed E-state index contributed by atoms with van der Waals surface area (Å²) in [5, 5.41) is 10.8. The van der Waals surface area contributed by atoms with Gasteiger partial charge in [0.1, 0.15) is 24.4 Å². The SMILES string of the molecule is COC1CC(NC(=O)OC(C)(C)C)CC(Nc2cc(-c3ncnn3COCC[Si](C)(C)C)ncc2N)C1. The van der Waals surface area contributed by atoms with E-state index in [4.69, 9.17) is 19.9 Å². The summed E-state index contributed by atoms with van der Waals surface area (Å²) in [5.41, 5.74) is 7.64. The Kier molecular flexibility index (Phi) is 9.54. The smallest absolute Gasteiger partial charge is 0.407 e. The van der Waals surface area contributed by atoms with E-state index >= 15 is 0 Å². The average molecular weight is 534 g/mol. The van der Waals surface area contributed by atoms with E-state index in [-0.39, 0.29) is 18.2 Å². The number of carbonyl (C=O) groups excluding carboxylic acids is 1. The maximum atomic E-state index is 12.3. The van der Waals surface area contributed by atoms with Gasteiger partial charge in [0.25, 0.3) is 0 Å². The lowest BCUT2D eigenvalue weighted by Crippen LogP contribution is -2.47. The molecule has 11 nitrogen and oxygen atoms in total. The van der Waals surface area contributed by atoms with Crippen LogP contribution in [0.4, 0.5) is 16.2 Å². The summed E-state index contributed by atoms with van der Waals surface area (Å²) in [6, 6.07) is 2.90. The molecule has 1 aliphatic rings. The van der Waals surface area contributed by atoms with E-state index < -0.39 is 19.8 Å². The number of ether oxygens (including phenoxy) is 3. The van der Waals surface area contributed by atoms with Crippen LogP contribution in [0.2, 0.25) is 25.7 Å². The minimum Gasteiger partial charge on any atom is -0.444 e. The van der Waals surface area contributed by atoms with Gasteiger partial charge in [0, 0.05) is 33.9 Å². The maximum Gasteiger partial charge on any atom is 0.407 e. The van der Waals surface area contributed by atoms with Gasteiger partial charge >= 0.3 is 6.09 Å². The third-order valence-corrected chi connectivity index (χ3v) is 7.77. The Morgan fingerprint density at radius 1 is 1.19 bits per heavy atom. The summed E-state index contributed by atoms with van der Waals surface area (Å²) >= 11 is 0. The molecule has 2 aromatic rings. The van der Waals surface area contributed by atoms with Crippen molar-refractivity contribution < 1.29 is 19.0 Å². The van der Waals surface area contributed by atoms with Crippen molar-refractivity contribution in [3.8, 4) is 11.5 Å². The Bertz CT molecular complexity index is 1030. The van der Waals surface area contributed by atoms with Crippen molar-refractivity contribution in [2.75, 3.05) is 24.8 Å². The van der Waals surface area contributed by atoms with Gasteiger partial charge in [-0.2, -0.15) is 5.10 Å². The van der Waals surface area contributed by atoms with Crippen LogP contribution in [0.3, 0.4) is 0 Å². The predicted molar refractivity (Wildman–Crippen MR) is 147 cm³/mol. The van der Waals surface area contributed by atoms with Gasteiger partial charge in [0.2, 0.25) is 0 Å². The first-order valence-electron chi connectivity index (χ1n) is 12.8. The van der Waals surface area contributed by atoms with Gasteiger partial charge in [-0.3, -0.25) is 4.98 Å². The number of methoxy groups -OCH3 is 1. The number of alkyl carbamates (subject to hydrolysis) is 1. The van der Waals surface area contributed by atoms with Crippen LogP contribution in [0, 0.1) is 0 Å². The summed E-state index contributed by atoms with van der Waals surface area (Å²) in [7, 11) is 0.521. The number of rotatable bonds is 10. The fourth-order valence-electron chi connectivity index (χ4n) is 4.19. The lowest BCUT2D eigenvalue weighted by Gasteiger charge is -2.36. The molecular formula is C25H43N7O4Si. The summed E-state index contributed by atoms with van der Waals surface area (Å²) in [6.45, 7) is 13.5. The molecule has 0 bridgehead atoms. The summed E-state index contributed by atoms with van der Waals surface area (Å²) in [4.78, 5) is 21.2. The normalized spacial score (nSPS) is 20.5. The highest BCUT2D eigenvalue weighted by atomic mass is 28.3. The highest BCUT2D eigenvalue weighted by Gasteiger charge is 2.31. The maximum absolute atomic E-state index is 12.3. The zero-order chi connectivity index (χ0) is 27.2. The number of anilines is 2. The molecule has 0 aromatic carbocycles. The first-order valence-corrected chi connectivity index (χ1v) is 16.5. The molecule has 2 aromatic heterocycles. The molecule has 3 atom stereocenters. The number of nitrogen functional groups attached to an aromatic ring is 1. The molecule has 12 heteroatoms. The molecule has 3 unspecified atom stereocenters. The van der Waals surface area contributed by atoms with Crippen LogP contribution in [-0.4, -0.2) is 71.4 Å². The number of nitrogens with two attached hydrogens (primary N) is 1. The van der Waals surface area contributed by atoms with Gasteiger partial charge in [-0.25, -0.2) is 14.5 Å². The van der Waals surface area contributed by atoms with E-state index in [0.717, 1.165) is 18.2 Å². The minimum absolute atomic E-state index is 0.00914. The highest BCUT2D eigenvalue weighted by molar-refractivity contribution is 6.76. The largest absolute Gasteiger partial charge is 0.444 e. The van der Waals surface area contributed by atoms with Crippen molar-refractivity contribution in [3.63, 3.8) is 0 Å². The molecule has 2 heterocycles. The van der Waals surface area contributed by atoms with Crippen molar-refractivity contribution in [1.82, 2.24) is 25.1 Å². The van der Waals surface area contributed by atoms with E-state index in [2.05, 4.69) is 45.3 Å². The Hall–Kier alpha value is -2.70. The average Bonchev–Trinajstić information content (AvgIpc) is 3.24. The van der Waals surface area contributed by atoms with E-state index in [1.165, 1.54) is 6.33 Å². The van der Waals surface area contributed by atoms with E-state index in [9.17, 15) is 4.79 Å². The van der Waals surface area contributed by atoms with Crippen LogP contribution in [0.1, 0.15) is 40.0 Å². The molecule has 1 amide bonds. The number of nitrogens with one attached hydrogen (secondary N) is 2. The monoisotopic (exact) mass is 533 g/mol. The van der Waals surface area contributed by atoms with Crippen molar-refractivity contribution >= 4 is 25.5 Å². The van der Waals surface area contributed by atoms with Gasteiger partial charge in [0.15, 0.2) is 5.82 Å². The first-order chi connectivity index (χ1) is 17.3. The van der Waals surface area contributed by atoms with E-state index in [1.54, 1.807) is 18.0 Å². The molecule has 0 spiro atoms. The van der Waals surface area contributed by atoms with Crippen LogP contribution in [0.15, 0.2) is 18.6 Å². The predicted octanol–water partition coefficient (Wildman–Crippen LogP) is 4.11. The van der Waals surface area contributed by atoms with E-state index in [1.807, 2.05) is 26.8 Å². The second kappa shape index (κ2) is 12.2. The van der Waals surface area contributed by atoms with Gasteiger partial charge in [0.05, 0.1) is 23.7 Å². The number of carbonyl (C=O) groups is 1. The molecule has 206 valence electrons. The number of hydrogen-bond donors (Lipinski definition) is 3. The number of pyridine rings is 1. The van der Waals surface area contributed by atoms with E-state index in [0.29, 0.717) is 43.4 Å². The molecule has 3 rings (SSSR count). The minimum atomic E-state index is -1.17. The van der Waals surface area contributed by atoms with Crippen LogP contribution in [-0.2, 0) is 20.9 Å². The van der Waals surface area contributed by atoms with Gasteiger partial charge in [-0.15, -0.1) is 0 Å². The molecule has 0 saturated heterocycles. The molecule has 4 N–H and O–H groups in total. The summed E-state index contributed by atoms with van der Waals surface area (Å²) in [6.07, 6.45) is 4.88. The standard InChI is InChI=1S/C25H43N7O4Si/c1-25(2,3)36-24(33)31-18-10-17(11-19(12-18)34-4)30-21-13-22(27-14-20(21)26)23-28-15-29-32(23)16-35-8-9-37(5,6)7/h13-15,17-19H,8-12,16,26H2,1-7H3,(H,27,30)(H,31,33). The van der Waals surface area contributed by atoms with Crippen LogP contribution < -0.4 is 16.4 Å². The highest BCUT2D eigenvalue weighted by Crippen LogP contribution is 2.29. The van der Waals surface area contributed by atoms with Crippen molar-refractivity contribution in [2.24, 2.45) is 0 Å². The van der Waals surface area contributed by atoms with Crippen molar-refractivity contribution in [1.29, 1.82) is 0 Å². The third-order valence-electron chi connectivity index (χ3n) is 6.07. The molecule has 1 aliphatic carbocycles. The fraction of sp³-hybridized carbons (Fsp3) is 0.680. The van der Waals surface area contributed by atoms with Gasteiger partial charge in [-0.1, -0.05) is 19.6 Å². The zero-order valence-corrected chi connectivity index (χ0v) is 24.2. The number of amides is 1. The quantitative estimate of drug-likeness (QED) is 0.304. The number of aromatic nitrogens is 4. The molecule has 1 fully saturated rings. The van der Waals surface area contributed by atoms with Crippen molar-refractivity contribution in [3.05, 3.63) is 18.6 Å². The number of nitrogens with zero attached hydrogens (tertiary/aromatic N) is 4. The summed E-state index contributed by atoms with van der Waals surface area (Å²) < 4.78 is 18.7. The fourth-order valence-corrected chi connectivity index (χ4v) is 4.95. The Morgan fingerprint density at radius 3 is 2.59 bits per heavy atom. The van der Waals surface area contributed by atoms with Gasteiger partial charge in [-0.05, 0) is 52.1 Å². The Labute approximate surface area is 220 Å². The second-order valence-electron chi connectivity index (χ2n) is 11.8. The van der Waals surface area contributed by atoms with Crippen LogP contribution in [0.5, 0.6) is 0 Å². The van der Waals surface area contributed by atoms with Gasteiger partial charge < -0.3 is 30.6 Å². The lowest BCUT2D eigenvalue weighted by atomic mass is 9.88. The summed E-state index contributed by atoms with van der Waals surface area (Å²) in [5.74, 6) is 0.610.